The van der Waals surface area contributed by atoms with Gasteiger partial charge in [-0.05, 0) is 69.5 Å². The first-order chi connectivity index (χ1) is 19.2. The third kappa shape index (κ3) is 6.59. The summed E-state index contributed by atoms with van der Waals surface area (Å²) in [5.41, 5.74) is 0.746. The van der Waals surface area contributed by atoms with Crippen LogP contribution in [0, 0.1) is 11.6 Å². The second kappa shape index (κ2) is 12.3. The van der Waals surface area contributed by atoms with Crippen molar-refractivity contribution >= 4 is 34.3 Å². The highest BCUT2D eigenvalue weighted by Gasteiger charge is 2.17. The number of nitrogens with zero attached hydrogens (tertiary/aromatic N) is 4. The van der Waals surface area contributed by atoms with Gasteiger partial charge in [0.15, 0.2) is 17.3 Å². The molecule has 10 nitrogen and oxygen atoms in total. The molecule has 0 saturated heterocycles. The van der Waals surface area contributed by atoms with E-state index in [0.717, 1.165) is 18.2 Å². The number of nitrogens with one attached hydrogen (secondary N) is 2. The van der Waals surface area contributed by atoms with Crippen molar-refractivity contribution in [2.45, 2.75) is 13.0 Å². The fraction of sp³-hybridized carbons (Fsp3) is 0.214. The number of aryl methyl sites for hydroxylation is 1. The summed E-state index contributed by atoms with van der Waals surface area (Å²) in [5, 5.41) is 6.21. The van der Waals surface area contributed by atoms with Crippen molar-refractivity contribution in [2.75, 3.05) is 38.4 Å². The number of carbonyl (C=O) groups is 1. The van der Waals surface area contributed by atoms with Crippen molar-refractivity contribution in [1.29, 1.82) is 0 Å². The Morgan fingerprint density at radius 1 is 1.12 bits per heavy atom. The number of fused-ring (bicyclic) bond motifs is 1. The molecule has 0 spiro atoms. The molecule has 4 rings (SSSR count). The van der Waals surface area contributed by atoms with E-state index in [4.69, 9.17) is 9.47 Å². The van der Waals surface area contributed by atoms with Crippen LogP contribution < -0.4 is 25.7 Å². The van der Waals surface area contributed by atoms with Crippen molar-refractivity contribution in [3.05, 3.63) is 83.3 Å². The molecule has 2 N–H and O–H groups in total. The Balaban J connectivity index is 1.75. The molecule has 1 amide bonds. The number of aromatic nitrogens is 3. The first-order valence-corrected chi connectivity index (χ1v) is 12.2. The van der Waals surface area contributed by atoms with Crippen LogP contribution in [-0.2, 0) is 11.3 Å². The van der Waals surface area contributed by atoms with Gasteiger partial charge in [-0.25, -0.2) is 13.8 Å². The highest BCUT2D eigenvalue weighted by molar-refractivity contribution is 5.99. The summed E-state index contributed by atoms with van der Waals surface area (Å²) in [6.07, 6.45) is 3.26. The zero-order valence-electron chi connectivity index (χ0n) is 22.2. The molecule has 0 aliphatic heterocycles. The van der Waals surface area contributed by atoms with E-state index in [2.05, 4.69) is 27.2 Å². The van der Waals surface area contributed by atoms with Gasteiger partial charge in [0.2, 0.25) is 11.9 Å². The summed E-state index contributed by atoms with van der Waals surface area (Å²) in [7, 11) is 5.33. The number of rotatable bonds is 11. The van der Waals surface area contributed by atoms with Gasteiger partial charge < -0.3 is 25.0 Å². The number of halogens is 2. The molecule has 0 saturated carbocycles. The standard InChI is InChI=1S/C28H28F2N6O4/c1-5-25(37)32-19-8-10-23(39-4)21(15-19)33-28-31-16-17-13-24(40-22-9-7-18(29)14-20(22)30)27(38)36(26(17)34-28)12-6-11-35(2)3/h5,7-10,13-16H,1,6,11-12H2,2-4H3,(H,32,37)(H,31,33,34). The van der Waals surface area contributed by atoms with Crippen LogP contribution in [0.25, 0.3) is 11.0 Å². The van der Waals surface area contributed by atoms with Crippen LogP contribution in [0.1, 0.15) is 6.42 Å². The van der Waals surface area contributed by atoms with E-state index >= 15 is 0 Å². The van der Waals surface area contributed by atoms with Crippen LogP contribution in [0.4, 0.5) is 26.1 Å². The number of methoxy groups -OCH3 is 1. The minimum atomic E-state index is -0.935. The lowest BCUT2D eigenvalue weighted by molar-refractivity contribution is -0.111. The van der Waals surface area contributed by atoms with Gasteiger partial charge in [-0.1, -0.05) is 6.58 Å². The van der Waals surface area contributed by atoms with Crippen molar-refractivity contribution in [3.63, 3.8) is 0 Å². The van der Waals surface area contributed by atoms with Gasteiger partial charge in [-0.2, -0.15) is 4.98 Å². The zero-order valence-corrected chi connectivity index (χ0v) is 22.2. The lowest BCUT2D eigenvalue weighted by Crippen LogP contribution is -2.25. The normalized spacial score (nSPS) is 10.9. The van der Waals surface area contributed by atoms with E-state index in [9.17, 15) is 18.4 Å². The Morgan fingerprint density at radius 2 is 1.90 bits per heavy atom. The van der Waals surface area contributed by atoms with E-state index < -0.39 is 17.2 Å². The summed E-state index contributed by atoms with van der Waals surface area (Å²) >= 11 is 0. The van der Waals surface area contributed by atoms with Crippen molar-refractivity contribution in [2.24, 2.45) is 0 Å². The molecule has 2 aromatic heterocycles. The Bertz CT molecular complexity index is 1620. The molecule has 0 radical (unpaired) electrons. The Hall–Kier alpha value is -4.84. The van der Waals surface area contributed by atoms with E-state index in [0.29, 0.717) is 53.7 Å². The van der Waals surface area contributed by atoms with Gasteiger partial charge in [0, 0.05) is 29.9 Å². The number of benzene rings is 2. The largest absolute Gasteiger partial charge is 0.495 e. The summed E-state index contributed by atoms with van der Waals surface area (Å²) < 4.78 is 40.0. The molecule has 0 unspecified atom stereocenters. The predicted octanol–water partition coefficient (Wildman–Crippen LogP) is 4.69. The van der Waals surface area contributed by atoms with Crippen LogP contribution in [0.2, 0.25) is 0 Å². The van der Waals surface area contributed by atoms with Crippen LogP contribution in [0.5, 0.6) is 17.2 Å². The third-order valence-corrected chi connectivity index (χ3v) is 5.79. The molecule has 4 aromatic rings. The number of hydrogen-bond acceptors (Lipinski definition) is 8. The monoisotopic (exact) mass is 550 g/mol. The molecule has 0 bridgehead atoms. The van der Waals surface area contributed by atoms with E-state index in [1.807, 2.05) is 19.0 Å². The fourth-order valence-corrected chi connectivity index (χ4v) is 3.89. The van der Waals surface area contributed by atoms with Crippen LogP contribution in [0.15, 0.2) is 66.1 Å². The second-order valence-corrected chi connectivity index (χ2v) is 9.01. The number of ether oxygens (including phenoxy) is 2. The Kier molecular flexibility index (Phi) is 8.70. The number of hydrogen-bond donors (Lipinski definition) is 2. The van der Waals surface area contributed by atoms with E-state index in [-0.39, 0.29) is 23.4 Å². The maximum atomic E-state index is 14.3. The summed E-state index contributed by atoms with van der Waals surface area (Å²) in [6.45, 7) is 4.44. The molecule has 0 atom stereocenters. The Morgan fingerprint density at radius 3 is 2.60 bits per heavy atom. The quantitative estimate of drug-likeness (QED) is 0.259. The third-order valence-electron chi connectivity index (χ3n) is 5.79. The Labute approximate surface area is 228 Å². The van der Waals surface area contributed by atoms with Gasteiger partial charge in [-0.3, -0.25) is 14.2 Å². The van der Waals surface area contributed by atoms with Gasteiger partial charge in [-0.15, -0.1) is 0 Å². The average Bonchev–Trinajstić information content (AvgIpc) is 2.92. The molecule has 0 aliphatic carbocycles. The molecular formula is C28H28F2N6O4. The SMILES string of the molecule is C=CC(=O)Nc1ccc(OC)c(Nc2ncc3cc(Oc4ccc(F)cc4F)c(=O)n(CCCN(C)C)c3n2)c1. The highest BCUT2D eigenvalue weighted by Crippen LogP contribution is 2.31. The molecule has 12 heteroatoms. The first kappa shape index (κ1) is 28.2. The molecule has 0 fully saturated rings. The molecular weight excluding hydrogens is 522 g/mol. The summed E-state index contributed by atoms with van der Waals surface area (Å²) in [4.78, 5) is 36.1. The fourth-order valence-electron chi connectivity index (χ4n) is 3.89. The lowest BCUT2D eigenvalue weighted by Gasteiger charge is -2.16. The lowest BCUT2D eigenvalue weighted by atomic mass is 10.2. The van der Waals surface area contributed by atoms with Crippen molar-refractivity contribution in [1.82, 2.24) is 19.4 Å². The number of anilines is 3. The molecule has 208 valence electrons. The van der Waals surface area contributed by atoms with Gasteiger partial charge >= 0.3 is 0 Å². The minimum absolute atomic E-state index is 0.153. The van der Waals surface area contributed by atoms with Gasteiger partial charge in [0.05, 0.1) is 12.8 Å². The maximum Gasteiger partial charge on any atom is 0.295 e. The molecule has 2 heterocycles. The van der Waals surface area contributed by atoms with E-state index in [1.54, 1.807) is 18.2 Å². The summed E-state index contributed by atoms with van der Waals surface area (Å²) in [5.74, 6) is -1.88. The van der Waals surface area contributed by atoms with Gasteiger partial charge in [0.25, 0.3) is 5.56 Å². The first-order valence-electron chi connectivity index (χ1n) is 12.2. The number of amides is 1. The van der Waals surface area contributed by atoms with Crippen molar-refractivity contribution in [3.8, 4) is 17.2 Å². The van der Waals surface area contributed by atoms with E-state index in [1.165, 1.54) is 23.9 Å². The highest BCUT2D eigenvalue weighted by atomic mass is 19.1. The van der Waals surface area contributed by atoms with Gasteiger partial charge in [0.1, 0.15) is 17.2 Å². The predicted molar refractivity (Wildman–Crippen MR) is 149 cm³/mol. The zero-order chi connectivity index (χ0) is 28.8. The average molecular weight is 551 g/mol. The van der Waals surface area contributed by atoms with Crippen molar-refractivity contribution < 1.29 is 23.0 Å². The minimum Gasteiger partial charge on any atom is -0.495 e. The summed E-state index contributed by atoms with van der Waals surface area (Å²) in [6, 6.07) is 9.23. The maximum absolute atomic E-state index is 14.3. The van der Waals surface area contributed by atoms with Crippen LogP contribution in [-0.4, -0.2) is 53.1 Å². The second-order valence-electron chi connectivity index (χ2n) is 9.01. The smallest absolute Gasteiger partial charge is 0.295 e. The molecule has 0 aliphatic rings. The molecule has 2 aromatic carbocycles. The van der Waals surface area contributed by atoms with Crippen LogP contribution in [0.3, 0.4) is 0 Å². The van der Waals surface area contributed by atoms with Crippen LogP contribution >= 0.6 is 0 Å². The number of carbonyl (C=O) groups excluding carboxylic acids is 1. The topological polar surface area (TPSA) is 111 Å². The molecule has 40 heavy (non-hydrogen) atoms. The number of pyridine rings is 1.